The third-order valence-corrected chi connectivity index (χ3v) is 5.88. The number of ketones is 1. The van der Waals surface area contributed by atoms with E-state index in [-0.39, 0.29) is 29.8 Å². The fourth-order valence-electron chi connectivity index (χ4n) is 3.49. The highest BCUT2D eigenvalue weighted by Crippen LogP contribution is 2.24. The molecule has 8 heteroatoms. The van der Waals surface area contributed by atoms with E-state index in [1.54, 1.807) is 11.3 Å². The van der Waals surface area contributed by atoms with Crippen LogP contribution in [0.4, 0.5) is 5.82 Å². The van der Waals surface area contributed by atoms with E-state index in [2.05, 4.69) is 23.4 Å². The highest BCUT2D eigenvalue weighted by Gasteiger charge is 2.31. The van der Waals surface area contributed by atoms with Crippen LogP contribution in [0, 0.1) is 0 Å². The second-order valence-electron chi connectivity index (χ2n) is 6.45. The average molecular weight is 363 g/mol. The third kappa shape index (κ3) is 3.19. The first kappa shape index (κ1) is 17.6. The molecule has 7 nitrogen and oxygen atoms in total. The number of aromatic nitrogens is 2. The number of fused-ring (bicyclic) bond motifs is 1. The number of hydrogen-bond acceptors (Lipinski definition) is 5. The molecule has 2 atom stereocenters. The molecule has 0 bridgehead atoms. The number of thiophene rings is 1. The van der Waals surface area contributed by atoms with E-state index in [0.29, 0.717) is 13.0 Å². The van der Waals surface area contributed by atoms with Gasteiger partial charge in [-0.05, 0) is 24.8 Å². The fraction of sp³-hybridized carbons (Fsp3) is 0.471. The largest absolute Gasteiger partial charge is 0.384 e. The van der Waals surface area contributed by atoms with Crippen LogP contribution in [0.2, 0.25) is 0 Å². The minimum Gasteiger partial charge on any atom is -0.384 e. The fourth-order valence-corrected chi connectivity index (χ4v) is 4.47. The maximum Gasteiger partial charge on any atom is 0.329 e. The molecule has 0 saturated heterocycles. The number of rotatable bonds is 5. The van der Waals surface area contributed by atoms with Crippen molar-refractivity contribution in [2.24, 2.45) is 0 Å². The topological polar surface area (TPSA) is 102 Å². The van der Waals surface area contributed by atoms with Crippen molar-refractivity contribution in [3.8, 4) is 0 Å². The Balaban J connectivity index is 1.89. The Kier molecular flexibility index (Phi) is 4.91. The molecule has 2 aromatic rings. The van der Waals surface area contributed by atoms with E-state index in [1.165, 1.54) is 15.0 Å². The van der Waals surface area contributed by atoms with Gasteiger partial charge in [0.1, 0.15) is 24.0 Å². The molecule has 0 saturated carbocycles. The van der Waals surface area contributed by atoms with E-state index in [1.807, 2.05) is 6.92 Å². The minimum absolute atomic E-state index is 0.0270. The van der Waals surface area contributed by atoms with E-state index >= 15 is 0 Å². The Morgan fingerprint density at radius 1 is 1.48 bits per heavy atom. The number of nitrogens with zero attached hydrogens (tertiary/aromatic N) is 1. The summed E-state index contributed by atoms with van der Waals surface area (Å²) in [5.74, 6) is -0.343. The van der Waals surface area contributed by atoms with Crippen LogP contribution in [0.5, 0.6) is 0 Å². The predicted molar refractivity (Wildman–Crippen MR) is 97.5 cm³/mol. The molecule has 1 unspecified atom stereocenters. The van der Waals surface area contributed by atoms with Crippen molar-refractivity contribution in [2.45, 2.75) is 39.3 Å². The van der Waals surface area contributed by atoms with Gasteiger partial charge in [-0.15, -0.1) is 11.3 Å². The molecule has 3 heterocycles. The number of nitrogen functional groups attached to an aromatic ring is 1. The first-order chi connectivity index (χ1) is 11.9. The summed E-state index contributed by atoms with van der Waals surface area (Å²) in [6, 6.07) is 2.30. The number of aromatic amines is 1. The van der Waals surface area contributed by atoms with Crippen molar-refractivity contribution < 1.29 is 9.69 Å². The second kappa shape index (κ2) is 6.97. The number of nitrogens with one attached hydrogen (secondary N) is 2. The van der Waals surface area contributed by atoms with Crippen molar-refractivity contribution in [2.75, 3.05) is 18.8 Å². The zero-order valence-corrected chi connectivity index (χ0v) is 15.2. The molecule has 0 fully saturated rings. The number of Topliss-reactive ketones (excluding diaryl/α,β-unsaturated/α-hetero) is 1. The Labute approximate surface area is 149 Å². The summed E-state index contributed by atoms with van der Waals surface area (Å²) in [6.07, 6.45) is 1.61. The van der Waals surface area contributed by atoms with E-state index in [0.717, 1.165) is 17.9 Å². The van der Waals surface area contributed by atoms with E-state index in [9.17, 15) is 14.4 Å². The smallest absolute Gasteiger partial charge is 0.329 e. The molecule has 3 rings (SSSR count). The lowest BCUT2D eigenvalue weighted by molar-refractivity contribution is -0.923. The molecule has 1 aliphatic rings. The van der Waals surface area contributed by atoms with Gasteiger partial charge in [0, 0.05) is 23.4 Å². The number of nitrogens with two attached hydrogens (primary N) is 1. The maximum atomic E-state index is 12.8. The summed E-state index contributed by atoms with van der Waals surface area (Å²) in [5.41, 5.74) is 5.91. The van der Waals surface area contributed by atoms with Gasteiger partial charge in [0.25, 0.3) is 5.56 Å². The van der Waals surface area contributed by atoms with Crippen LogP contribution in [0.1, 0.15) is 47.1 Å². The summed E-state index contributed by atoms with van der Waals surface area (Å²) < 4.78 is 1.26. The lowest BCUT2D eigenvalue weighted by atomic mass is 10.0. The van der Waals surface area contributed by atoms with E-state index < -0.39 is 11.2 Å². The quantitative estimate of drug-likeness (QED) is 0.650. The molecular weight excluding hydrogens is 340 g/mol. The van der Waals surface area contributed by atoms with Crippen LogP contribution < -0.4 is 21.9 Å². The molecule has 4 N–H and O–H groups in total. The van der Waals surface area contributed by atoms with Gasteiger partial charge in [0.2, 0.25) is 5.78 Å². The summed E-state index contributed by atoms with van der Waals surface area (Å²) >= 11 is 1.75. The Hall–Kier alpha value is -2.19. The van der Waals surface area contributed by atoms with E-state index in [4.69, 9.17) is 5.73 Å². The molecular formula is C17H23N4O3S+. The first-order valence-corrected chi connectivity index (χ1v) is 9.38. The predicted octanol–water partition coefficient (Wildman–Crippen LogP) is -0.0248. The number of quaternary nitrogens is 1. The van der Waals surface area contributed by atoms with Crippen LogP contribution in [-0.2, 0) is 13.0 Å². The zero-order chi connectivity index (χ0) is 18.1. The van der Waals surface area contributed by atoms with Gasteiger partial charge in [0.05, 0.1) is 6.54 Å². The summed E-state index contributed by atoms with van der Waals surface area (Å²) in [4.78, 5) is 41.5. The van der Waals surface area contributed by atoms with Crippen LogP contribution in [0.25, 0.3) is 0 Å². The van der Waals surface area contributed by atoms with Crippen LogP contribution >= 0.6 is 11.3 Å². The van der Waals surface area contributed by atoms with Crippen LogP contribution in [0.15, 0.2) is 21.0 Å². The first-order valence-electron chi connectivity index (χ1n) is 8.50. The number of hydrogen-bond donors (Lipinski definition) is 3. The SMILES string of the molecule is CCCn1c(N)c(C(=O)C[NH+]2CCc3sccc3[C@H]2C)c(=O)[nH]c1=O. The van der Waals surface area contributed by atoms with Crippen LogP contribution in [-0.4, -0.2) is 28.4 Å². The van der Waals surface area contributed by atoms with Gasteiger partial charge in [-0.25, -0.2) is 4.79 Å². The Bertz CT molecular complexity index is 911. The van der Waals surface area contributed by atoms with Crippen molar-refractivity contribution in [1.29, 1.82) is 0 Å². The Morgan fingerprint density at radius 2 is 2.24 bits per heavy atom. The lowest BCUT2D eigenvalue weighted by Crippen LogP contribution is -3.13. The highest BCUT2D eigenvalue weighted by atomic mass is 32.1. The molecule has 25 heavy (non-hydrogen) atoms. The van der Waals surface area contributed by atoms with Gasteiger partial charge < -0.3 is 10.6 Å². The molecule has 0 amide bonds. The standard InChI is InChI=1S/C17H22N4O3S/c1-3-6-21-15(18)14(16(23)19-17(21)24)12(22)9-20-7-4-13-11(10(20)2)5-8-25-13/h5,8,10H,3-4,6-7,9,18H2,1-2H3,(H,19,23,24)/p+1/t10-/m1/s1. The van der Waals surface area contributed by atoms with Gasteiger partial charge >= 0.3 is 5.69 Å². The summed E-state index contributed by atoms with van der Waals surface area (Å²) in [7, 11) is 0. The average Bonchev–Trinajstić information content (AvgIpc) is 3.03. The third-order valence-electron chi connectivity index (χ3n) is 4.89. The summed E-state index contributed by atoms with van der Waals surface area (Å²) in [5, 5.41) is 2.08. The Morgan fingerprint density at radius 3 is 2.96 bits per heavy atom. The van der Waals surface area contributed by atoms with Gasteiger partial charge in [0.15, 0.2) is 0 Å². The molecule has 0 aromatic carbocycles. The molecule has 134 valence electrons. The van der Waals surface area contributed by atoms with Gasteiger partial charge in [-0.1, -0.05) is 6.92 Å². The summed E-state index contributed by atoms with van der Waals surface area (Å²) in [6.45, 7) is 5.39. The minimum atomic E-state index is -0.694. The molecule has 1 aliphatic heterocycles. The normalized spacial score (nSPS) is 19.6. The highest BCUT2D eigenvalue weighted by molar-refractivity contribution is 7.10. The zero-order valence-electron chi connectivity index (χ0n) is 14.4. The van der Waals surface area contributed by atoms with Crippen molar-refractivity contribution >= 4 is 22.9 Å². The number of carbonyl (C=O) groups is 1. The maximum absolute atomic E-state index is 12.8. The molecule has 2 aromatic heterocycles. The van der Waals surface area contributed by atoms with Crippen molar-refractivity contribution in [1.82, 2.24) is 9.55 Å². The molecule has 0 radical (unpaired) electrons. The van der Waals surface area contributed by atoms with Gasteiger partial charge in [-0.3, -0.25) is 19.1 Å². The van der Waals surface area contributed by atoms with Crippen molar-refractivity contribution in [3.63, 3.8) is 0 Å². The van der Waals surface area contributed by atoms with Crippen LogP contribution in [0.3, 0.4) is 0 Å². The number of H-pyrrole nitrogens is 1. The van der Waals surface area contributed by atoms with Gasteiger partial charge in [-0.2, -0.15) is 0 Å². The molecule has 0 aliphatic carbocycles. The lowest BCUT2D eigenvalue weighted by Gasteiger charge is -2.30. The number of anilines is 1. The molecule has 0 spiro atoms. The van der Waals surface area contributed by atoms with Crippen molar-refractivity contribution in [3.05, 3.63) is 48.3 Å². The monoisotopic (exact) mass is 363 g/mol. The second-order valence-corrected chi connectivity index (χ2v) is 7.45. The number of carbonyl (C=O) groups excluding carboxylic acids is 1.